The Bertz CT molecular complexity index is 258. The van der Waals surface area contributed by atoms with E-state index in [1.807, 2.05) is 11.8 Å². The van der Waals surface area contributed by atoms with Crippen LogP contribution in [0.25, 0.3) is 0 Å². The van der Waals surface area contributed by atoms with Crippen molar-refractivity contribution in [3.8, 4) is 0 Å². The molecule has 0 radical (unpaired) electrons. The lowest BCUT2D eigenvalue weighted by Gasteiger charge is -2.16. The van der Waals surface area contributed by atoms with Gasteiger partial charge in [0.05, 0.1) is 13.1 Å². The third-order valence-corrected chi connectivity index (χ3v) is 3.25. The van der Waals surface area contributed by atoms with Gasteiger partial charge in [-0.05, 0) is 6.92 Å². The molecule has 1 fully saturated rings. The average molecular weight is 231 g/mol. The number of nitrogens with zero attached hydrogens (tertiary/aromatic N) is 2. The Morgan fingerprint density at radius 2 is 2.53 bits per heavy atom. The third kappa shape index (κ3) is 3.39. The lowest BCUT2D eigenvalue weighted by atomic mass is 10.5. The second kappa shape index (κ2) is 5.97. The van der Waals surface area contributed by atoms with Gasteiger partial charge in [0.2, 0.25) is 5.91 Å². The number of methoxy groups -OCH3 is 1. The van der Waals surface area contributed by atoms with Crippen molar-refractivity contribution in [1.29, 1.82) is 0 Å². The Hall–Kier alpha value is -0.750. The molecule has 1 unspecified atom stereocenters. The van der Waals surface area contributed by atoms with Crippen molar-refractivity contribution in [1.82, 2.24) is 10.2 Å². The molecule has 0 aromatic rings. The van der Waals surface area contributed by atoms with Crippen LogP contribution in [0.5, 0.6) is 0 Å². The van der Waals surface area contributed by atoms with Gasteiger partial charge in [-0.25, -0.2) is 0 Å². The first-order valence-electron chi connectivity index (χ1n) is 4.90. The van der Waals surface area contributed by atoms with Crippen LogP contribution in [-0.2, 0) is 9.53 Å². The Balaban J connectivity index is 2.60. The van der Waals surface area contributed by atoms with E-state index in [1.165, 1.54) is 0 Å². The monoisotopic (exact) mass is 231 g/mol. The topological polar surface area (TPSA) is 53.9 Å². The predicted octanol–water partition coefficient (Wildman–Crippen LogP) is 0.130. The molecular weight excluding hydrogens is 214 g/mol. The van der Waals surface area contributed by atoms with E-state index in [0.717, 1.165) is 11.7 Å². The van der Waals surface area contributed by atoms with Crippen molar-refractivity contribution in [2.75, 3.05) is 33.8 Å². The summed E-state index contributed by atoms with van der Waals surface area (Å²) in [6.07, 6.45) is 0. The molecule has 6 heteroatoms. The predicted molar refractivity (Wildman–Crippen MR) is 62.0 cm³/mol. The van der Waals surface area contributed by atoms with E-state index >= 15 is 0 Å². The van der Waals surface area contributed by atoms with E-state index in [9.17, 15) is 4.79 Å². The van der Waals surface area contributed by atoms with E-state index in [0.29, 0.717) is 13.1 Å². The molecule has 1 aliphatic rings. The molecule has 0 aliphatic carbocycles. The number of aliphatic imine (C=N–C) groups is 1. The van der Waals surface area contributed by atoms with Gasteiger partial charge in [-0.15, -0.1) is 0 Å². The van der Waals surface area contributed by atoms with Crippen LogP contribution in [0.4, 0.5) is 0 Å². The minimum absolute atomic E-state index is 0.00356. The zero-order valence-electron chi connectivity index (χ0n) is 9.32. The minimum atomic E-state index is -0.00356. The molecule has 0 saturated carbocycles. The summed E-state index contributed by atoms with van der Waals surface area (Å²) < 4.78 is 5.24. The van der Waals surface area contributed by atoms with Crippen LogP contribution in [0, 0.1) is 0 Å². The molecule has 1 heterocycles. The van der Waals surface area contributed by atoms with Gasteiger partial charge in [0.15, 0.2) is 5.17 Å². The summed E-state index contributed by atoms with van der Waals surface area (Å²) in [5.41, 5.74) is 0.0833. The van der Waals surface area contributed by atoms with Crippen LogP contribution in [0.2, 0.25) is 0 Å². The number of carbonyl (C=O) groups excluding carboxylic acids is 1. The molecule has 1 N–H and O–H groups in total. The molecule has 0 bridgehead atoms. The molecule has 0 aromatic heterocycles. The Kier molecular flexibility index (Phi) is 4.90. The summed E-state index contributed by atoms with van der Waals surface area (Å²) in [7, 11) is 3.31. The number of thioether (sulfide) groups is 1. The molecule has 1 aliphatic heterocycles. The quantitative estimate of drug-likeness (QED) is 0.747. The Labute approximate surface area is 94.3 Å². The summed E-state index contributed by atoms with van der Waals surface area (Å²) in [6, 6.07) is 0. The zero-order valence-corrected chi connectivity index (χ0v) is 10.1. The smallest absolute Gasteiger partial charge is 0.239 e. The normalized spacial score (nSPS) is 23.5. The maximum atomic E-state index is 11.3. The number of amidine groups is 1. The maximum Gasteiger partial charge on any atom is 0.239 e. The lowest BCUT2D eigenvalue weighted by Crippen LogP contribution is -2.37. The number of likely N-dealkylation sites (N-methyl/N-ethyl adjacent to an activating group) is 1. The first-order chi connectivity index (χ1) is 7.21. The summed E-state index contributed by atoms with van der Waals surface area (Å²) in [6.45, 7) is 3.77. The average Bonchev–Trinajstić information content (AvgIpc) is 2.61. The number of ether oxygens (including phenoxy) is 1. The van der Waals surface area contributed by atoms with Crippen molar-refractivity contribution >= 4 is 22.8 Å². The number of amides is 1. The number of hydrogen-bond acceptors (Lipinski definition) is 4. The summed E-state index contributed by atoms with van der Waals surface area (Å²) >= 11 is 1.57. The molecule has 1 atom stereocenters. The molecule has 86 valence electrons. The number of nitrogens with one attached hydrogen (secondary N) is 1. The van der Waals surface area contributed by atoms with E-state index in [4.69, 9.17) is 4.74 Å². The van der Waals surface area contributed by atoms with Crippen molar-refractivity contribution in [2.45, 2.75) is 12.4 Å². The van der Waals surface area contributed by atoms with Gasteiger partial charge < -0.3 is 15.0 Å². The lowest BCUT2D eigenvalue weighted by molar-refractivity contribution is -0.121. The second-order valence-electron chi connectivity index (χ2n) is 3.09. The first-order valence-corrected chi connectivity index (χ1v) is 5.78. The van der Waals surface area contributed by atoms with Crippen LogP contribution in [0.3, 0.4) is 0 Å². The van der Waals surface area contributed by atoms with Crippen LogP contribution >= 0.6 is 11.8 Å². The molecule has 1 amide bonds. The maximum absolute atomic E-state index is 11.3. The molecule has 15 heavy (non-hydrogen) atoms. The fraction of sp³-hybridized carbons (Fsp3) is 0.778. The van der Waals surface area contributed by atoms with E-state index in [2.05, 4.69) is 10.3 Å². The summed E-state index contributed by atoms with van der Waals surface area (Å²) in [4.78, 5) is 17.5. The van der Waals surface area contributed by atoms with Crippen LogP contribution < -0.4 is 5.32 Å². The molecule has 0 spiro atoms. The standard InChI is InChI=1S/C9H17N3O2S/c1-4-11-9-12(5-7(13)10-2)6-8(14-3)15-9/h8H,4-6H2,1-3H3,(H,10,13). The van der Waals surface area contributed by atoms with Crippen LogP contribution in [0.1, 0.15) is 6.92 Å². The highest BCUT2D eigenvalue weighted by Crippen LogP contribution is 2.25. The van der Waals surface area contributed by atoms with Crippen molar-refractivity contribution in [2.24, 2.45) is 4.99 Å². The number of rotatable bonds is 4. The summed E-state index contributed by atoms with van der Waals surface area (Å²) in [5, 5.41) is 3.50. The highest BCUT2D eigenvalue weighted by molar-refractivity contribution is 8.14. The highest BCUT2D eigenvalue weighted by atomic mass is 32.2. The van der Waals surface area contributed by atoms with Gasteiger partial charge in [0.1, 0.15) is 5.44 Å². The molecule has 5 nitrogen and oxygen atoms in total. The fourth-order valence-electron chi connectivity index (χ4n) is 1.27. The molecule has 0 aromatic carbocycles. The van der Waals surface area contributed by atoms with E-state index in [-0.39, 0.29) is 11.3 Å². The Morgan fingerprint density at radius 1 is 1.80 bits per heavy atom. The summed E-state index contributed by atoms with van der Waals surface area (Å²) in [5.74, 6) is -0.00356. The zero-order chi connectivity index (χ0) is 11.3. The largest absolute Gasteiger partial charge is 0.368 e. The molecule has 1 saturated heterocycles. The van der Waals surface area contributed by atoms with Gasteiger partial charge in [-0.3, -0.25) is 9.79 Å². The van der Waals surface area contributed by atoms with E-state index in [1.54, 1.807) is 25.9 Å². The fourth-order valence-corrected chi connectivity index (χ4v) is 2.34. The van der Waals surface area contributed by atoms with Gasteiger partial charge >= 0.3 is 0 Å². The van der Waals surface area contributed by atoms with Crippen LogP contribution in [-0.4, -0.2) is 55.2 Å². The second-order valence-corrected chi connectivity index (χ2v) is 4.22. The number of hydrogen-bond donors (Lipinski definition) is 1. The molecular formula is C9H17N3O2S. The SMILES string of the molecule is CCN=C1SC(OC)CN1CC(=O)NC. The van der Waals surface area contributed by atoms with Crippen molar-refractivity contribution in [3.05, 3.63) is 0 Å². The van der Waals surface area contributed by atoms with Crippen LogP contribution in [0.15, 0.2) is 4.99 Å². The van der Waals surface area contributed by atoms with Gasteiger partial charge in [-0.2, -0.15) is 0 Å². The van der Waals surface area contributed by atoms with Crippen molar-refractivity contribution in [3.63, 3.8) is 0 Å². The number of carbonyl (C=O) groups is 1. The third-order valence-electron chi connectivity index (χ3n) is 2.05. The molecule has 1 rings (SSSR count). The van der Waals surface area contributed by atoms with Gasteiger partial charge in [0, 0.05) is 20.7 Å². The van der Waals surface area contributed by atoms with Gasteiger partial charge in [0.25, 0.3) is 0 Å². The first kappa shape index (κ1) is 12.3. The highest BCUT2D eigenvalue weighted by Gasteiger charge is 2.29. The minimum Gasteiger partial charge on any atom is -0.368 e. The van der Waals surface area contributed by atoms with Crippen molar-refractivity contribution < 1.29 is 9.53 Å². The van der Waals surface area contributed by atoms with Gasteiger partial charge in [-0.1, -0.05) is 11.8 Å². The van der Waals surface area contributed by atoms with E-state index < -0.39 is 0 Å². The Morgan fingerprint density at radius 3 is 3.07 bits per heavy atom.